The first-order valence-corrected chi connectivity index (χ1v) is 19.1. The first-order chi connectivity index (χ1) is 13.6. The van der Waals surface area contributed by atoms with Crippen molar-refractivity contribution in [1.82, 2.24) is 0 Å². The van der Waals surface area contributed by atoms with Gasteiger partial charge in [0.15, 0.2) is 0 Å². The Kier molecular flexibility index (Phi) is 9.59. The van der Waals surface area contributed by atoms with Crippen LogP contribution in [0.2, 0.25) is 17.2 Å². The molecule has 0 aromatic heterocycles. The Hall–Kier alpha value is -0.771. The first kappa shape index (κ1) is 23.5. The van der Waals surface area contributed by atoms with Crippen LogP contribution >= 0.6 is 0 Å². The van der Waals surface area contributed by atoms with Crippen molar-refractivity contribution in [3.8, 4) is 0 Å². The van der Waals surface area contributed by atoms with E-state index < -0.39 is 18.4 Å². The number of methoxy groups -OCH3 is 1. The van der Waals surface area contributed by atoms with Crippen LogP contribution in [0.4, 0.5) is 0 Å². The summed E-state index contributed by atoms with van der Waals surface area (Å²) >= 11 is -2.45. The standard InChI is InChI=1S/C13H13O2.3C4H9.Sn/c1-15-12(14)13(9-10-13)8-7-11-5-3-2-4-6-11;3*1-3-4-2;/h2-9H,10H2,1H3;3*1,3-4H2,2H3;/b8-7+;;;;/t13-;;;;/m0..../s1. The van der Waals surface area contributed by atoms with Gasteiger partial charge in [0, 0.05) is 0 Å². The van der Waals surface area contributed by atoms with Crippen molar-refractivity contribution in [3.05, 3.63) is 42.0 Å². The normalized spacial score (nSPS) is 21.8. The predicted octanol–water partition coefficient (Wildman–Crippen LogP) is 7.48. The van der Waals surface area contributed by atoms with Gasteiger partial charge in [0.25, 0.3) is 0 Å². The van der Waals surface area contributed by atoms with Gasteiger partial charge in [0.05, 0.1) is 0 Å². The molecule has 1 saturated carbocycles. The van der Waals surface area contributed by atoms with E-state index in [4.69, 9.17) is 4.74 Å². The molecule has 2 nitrogen and oxygen atoms in total. The van der Waals surface area contributed by atoms with Crippen LogP contribution in [0.3, 0.4) is 0 Å². The number of hydrogen-bond acceptors (Lipinski definition) is 2. The zero-order valence-electron chi connectivity index (χ0n) is 18.5. The molecule has 3 heteroatoms. The molecule has 28 heavy (non-hydrogen) atoms. The molecule has 2 rings (SSSR count). The number of carbonyl (C=O) groups excluding carboxylic acids is 1. The summed E-state index contributed by atoms with van der Waals surface area (Å²) in [7, 11) is 1.57. The molecule has 1 aromatic carbocycles. The summed E-state index contributed by atoms with van der Waals surface area (Å²) in [5, 5.41) is 0. The van der Waals surface area contributed by atoms with Gasteiger partial charge < -0.3 is 0 Å². The van der Waals surface area contributed by atoms with Crippen molar-refractivity contribution in [2.24, 2.45) is 5.41 Å². The van der Waals surface area contributed by atoms with E-state index in [0.29, 0.717) is 3.93 Å². The molecule has 2 atom stereocenters. The summed E-state index contributed by atoms with van der Waals surface area (Å²) in [5.41, 5.74) is 0.837. The van der Waals surface area contributed by atoms with Crippen LogP contribution in [0, 0.1) is 5.41 Å². The van der Waals surface area contributed by atoms with Gasteiger partial charge in [-0.2, -0.15) is 0 Å². The van der Waals surface area contributed by atoms with E-state index in [-0.39, 0.29) is 11.4 Å². The molecule has 0 aliphatic heterocycles. The molecular formula is C25H40O2Sn. The molecule has 1 aliphatic carbocycles. The maximum atomic E-state index is 13.0. The molecule has 0 saturated heterocycles. The van der Waals surface area contributed by atoms with E-state index in [1.807, 2.05) is 6.07 Å². The molecule has 1 aromatic rings. The third-order valence-electron chi connectivity index (χ3n) is 6.77. The van der Waals surface area contributed by atoms with Gasteiger partial charge in [0.1, 0.15) is 0 Å². The average Bonchev–Trinajstić information content (AvgIpc) is 3.49. The second-order valence-corrected chi connectivity index (χ2v) is 22.8. The van der Waals surface area contributed by atoms with Crippen LogP contribution in [-0.4, -0.2) is 31.5 Å². The van der Waals surface area contributed by atoms with Crippen molar-refractivity contribution < 1.29 is 9.53 Å². The summed E-state index contributed by atoms with van der Waals surface area (Å²) in [6.07, 6.45) is 13.3. The predicted molar refractivity (Wildman–Crippen MR) is 123 cm³/mol. The minimum absolute atomic E-state index is 0.00949. The number of hydrogen-bond donors (Lipinski definition) is 0. The topological polar surface area (TPSA) is 26.3 Å². The maximum absolute atomic E-state index is 13.0. The molecule has 0 N–H and O–H groups in total. The van der Waals surface area contributed by atoms with Crippen molar-refractivity contribution >= 4 is 30.4 Å². The fraction of sp³-hybridized carbons (Fsp3) is 0.640. The SMILES string of the molecule is CCC[CH2][Sn]([CH2]CCC)([CH2]CCC)[C@@H]1C[C@@]1(/C=C/c1ccccc1)C(=O)OC. The second-order valence-electron chi connectivity index (χ2n) is 8.71. The molecular weight excluding hydrogens is 451 g/mol. The van der Waals surface area contributed by atoms with E-state index in [0.717, 1.165) is 6.42 Å². The van der Waals surface area contributed by atoms with Crippen molar-refractivity contribution in [2.45, 2.75) is 83.0 Å². The van der Waals surface area contributed by atoms with Gasteiger partial charge in [-0.05, 0) is 0 Å². The first-order valence-electron chi connectivity index (χ1n) is 11.4. The molecule has 1 aliphatic rings. The third kappa shape index (κ3) is 5.64. The second kappa shape index (κ2) is 11.4. The quantitative estimate of drug-likeness (QED) is 0.211. The van der Waals surface area contributed by atoms with E-state index in [1.54, 1.807) is 7.11 Å². The van der Waals surface area contributed by atoms with Crippen LogP contribution in [0.15, 0.2) is 36.4 Å². The van der Waals surface area contributed by atoms with E-state index in [9.17, 15) is 4.79 Å². The fourth-order valence-electron chi connectivity index (χ4n) is 5.00. The van der Waals surface area contributed by atoms with Gasteiger partial charge in [-0.25, -0.2) is 0 Å². The third-order valence-corrected chi connectivity index (χ3v) is 24.6. The van der Waals surface area contributed by atoms with Gasteiger partial charge in [0.2, 0.25) is 0 Å². The molecule has 0 radical (unpaired) electrons. The van der Waals surface area contributed by atoms with Crippen LogP contribution in [0.1, 0.15) is 71.3 Å². The number of ether oxygens (including phenoxy) is 1. The Bertz CT molecular complexity index is 603. The summed E-state index contributed by atoms with van der Waals surface area (Å²) in [4.78, 5) is 13.0. The van der Waals surface area contributed by atoms with Gasteiger partial charge in [-0.15, -0.1) is 0 Å². The summed E-state index contributed by atoms with van der Waals surface area (Å²) in [5.74, 6) is 0.00949. The van der Waals surface area contributed by atoms with Gasteiger partial charge >= 0.3 is 177 Å². The molecule has 0 spiro atoms. The number of esters is 1. The van der Waals surface area contributed by atoms with Gasteiger partial charge in [-0.3, -0.25) is 0 Å². The van der Waals surface area contributed by atoms with Crippen molar-refractivity contribution in [1.29, 1.82) is 0 Å². The van der Waals surface area contributed by atoms with Gasteiger partial charge in [-0.1, -0.05) is 0 Å². The number of rotatable bonds is 13. The molecule has 0 amide bonds. The van der Waals surface area contributed by atoms with Crippen LogP contribution in [-0.2, 0) is 9.53 Å². The Balaban J connectivity index is 2.34. The van der Waals surface area contributed by atoms with E-state index in [2.05, 4.69) is 57.2 Å². The fourth-order valence-corrected chi connectivity index (χ4v) is 25.1. The molecule has 156 valence electrons. The summed E-state index contributed by atoms with van der Waals surface area (Å²) in [6, 6.07) is 10.4. The number of carbonyl (C=O) groups is 1. The molecule has 0 bridgehead atoms. The van der Waals surface area contributed by atoms with Crippen LogP contribution in [0.5, 0.6) is 0 Å². The monoisotopic (exact) mass is 492 g/mol. The average molecular weight is 491 g/mol. The van der Waals surface area contributed by atoms with Crippen molar-refractivity contribution in [2.75, 3.05) is 7.11 Å². The zero-order valence-corrected chi connectivity index (χ0v) is 21.4. The van der Waals surface area contributed by atoms with E-state index in [1.165, 1.54) is 57.4 Å². The Morgan fingerprint density at radius 1 is 1.04 bits per heavy atom. The Labute approximate surface area is 177 Å². The minimum atomic E-state index is -2.45. The Morgan fingerprint density at radius 2 is 1.57 bits per heavy atom. The molecule has 0 heterocycles. The van der Waals surface area contributed by atoms with Crippen molar-refractivity contribution in [3.63, 3.8) is 0 Å². The van der Waals surface area contributed by atoms with Crippen LogP contribution < -0.4 is 0 Å². The summed E-state index contributed by atoms with van der Waals surface area (Å²) in [6.45, 7) is 6.93. The number of unbranched alkanes of at least 4 members (excludes halogenated alkanes) is 3. The molecule has 0 unspecified atom stereocenters. The molecule has 1 fully saturated rings. The van der Waals surface area contributed by atoms with E-state index >= 15 is 0 Å². The zero-order chi connectivity index (χ0) is 20.5. The Morgan fingerprint density at radius 3 is 2.04 bits per heavy atom. The van der Waals surface area contributed by atoms with Crippen LogP contribution in [0.25, 0.3) is 6.08 Å². The number of benzene rings is 1. The summed E-state index contributed by atoms with van der Waals surface area (Å²) < 4.78 is 10.3.